The lowest BCUT2D eigenvalue weighted by molar-refractivity contribution is 0.377. The normalized spacial score (nSPS) is 21.5. The lowest BCUT2D eigenvalue weighted by Crippen LogP contribution is -2.16. The standard InChI is InChI=1S/C12H21N3/c1-9-6-5-7-11-13-10(14-15(9)11)8-12(2,3)4/h9H,5-8H2,1-4H3. The molecular formula is C12H21N3. The maximum absolute atomic E-state index is 4.64. The first-order valence-electron chi connectivity index (χ1n) is 5.90. The van der Waals surface area contributed by atoms with Gasteiger partial charge >= 0.3 is 0 Å². The van der Waals surface area contributed by atoms with Crippen molar-refractivity contribution in [3.05, 3.63) is 11.6 Å². The molecule has 84 valence electrons. The van der Waals surface area contributed by atoms with Gasteiger partial charge in [0.1, 0.15) is 5.82 Å². The Morgan fingerprint density at radius 3 is 2.73 bits per heavy atom. The molecule has 0 amide bonds. The van der Waals surface area contributed by atoms with Crippen molar-refractivity contribution in [1.29, 1.82) is 0 Å². The minimum absolute atomic E-state index is 0.279. The monoisotopic (exact) mass is 207 g/mol. The number of aryl methyl sites for hydroxylation is 1. The van der Waals surface area contributed by atoms with Crippen LogP contribution in [0, 0.1) is 5.41 Å². The molecule has 1 aliphatic rings. The summed E-state index contributed by atoms with van der Waals surface area (Å²) in [6, 6.07) is 0.537. The van der Waals surface area contributed by atoms with Crippen molar-refractivity contribution >= 4 is 0 Å². The van der Waals surface area contributed by atoms with E-state index in [4.69, 9.17) is 0 Å². The van der Waals surface area contributed by atoms with Gasteiger partial charge in [0, 0.05) is 12.8 Å². The van der Waals surface area contributed by atoms with Gasteiger partial charge in [-0.25, -0.2) is 9.67 Å². The lowest BCUT2D eigenvalue weighted by Gasteiger charge is -2.18. The van der Waals surface area contributed by atoms with Gasteiger partial charge in [-0.3, -0.25) is 0 Å². The molecule has 1 atom stereocenters. The Morgan fingerprint density at radius 2 is 2.13 bits per heavy atom. The molecule has 1 aromatic heterocycles. The van der Waals surface area contributed by atoms with Gasteiger partial charge in [-0.1, -0.05) is 20.8 Å². The van der Waals surface area contributed by atoms with Crippen LogP contribution in [0.25, 0.3) is 0 Å². The zero-order valence-corrected chi connectivity index (χ0v) is 10.2. The van der Waals surface area contributed by atoms with Crippen LogP contribution < -0.4 is 0 Å². The summed E-state index contributed by atoms with van der Waals surface area (Å²) >= 11 is 0. The fourth-order valence-corrected chi connectivity index (χ4v) is 2.16. The predicted molar refractivity (Wildman–Crippen MR) is 60.8 cm³/mol. The first kappa shape index (κ1) is 10.7. The van der Waals surface area contributed by atoms with Crippen molar-refractivity contribution in [2.75, 3.05) is 0 Å². The molecule has 0 saturated carbocycles. The number of hydrogen-bond donors (Lipinski definition) is 0. The van der Waals surface area contributed by atoms with E-state index >= 15 is 0 Å². The van der Waals surface area contributed by atoms with E-state index in [0.29, 0.717) is 6.04 Å². The van der Waals surface area contributed by atoms with Gasteiger partial charge in [0.05, 0.1) is 6.04 Å². The molecule has 0 spiro atoms. The van der Waals surface area contributed by atoms with Gasteiger partial charge in [-0.15, -0.1) is 0 Å². The van der Waals surface area contributed by atoms with Gasteiger partial charge in [0.2, 0.25) is 0 Å². The van der Waals surface area contributed by atoms with E-state index in [-0.39, 0.29) is 5.41 Å². The van der Waals surface area contributed by atoms with E-state index in [1.165, 1.54) is 18.7 Å². The van der Waals surface area contributed by atoms with E-state index in [9.17, 15) is 0 Å². The van der Waals surface area contributed by atoms with Crippen molar-refractivity contribution in [3.63, 3.8) is 0 Å². The Morgan fingerprint density at radius 1 is 1.40 bits per heavy atom. The predicted octanol–water partition coefficient (Wildman–Crippen LogP) is 2.76. The fraction of sp³-hybridized carbons (Fsp3) is 0.833. The van der Waals surface area contributed by atoms with Crippen LogP contribution in [0.3, 0.4) is 0 Å². The van der Waals surface area contributed by atoms with Crippen LogP contribution in [0.2, 0.25) is 0 Å². The second-order valence-corrected chi connectivity index (χ2v) is 5.87. The smallest absolute Gasteiger partial charge is 0.151 e. The number of hydrogen-bond acceptors (Lipinski definition) is 2. The average molecular weight is 207 g/mol. The topological polar surface area (TPSA) is 30.7 Å². The SMILES string of the molecule is CC1CCCc2nc(CC(C)(C)C)nn21. The summed E-state index contributed by atoms with van der Waals surface area (Å²) in [6.45, 7) is 8.93. The summed E-state index contributed by atoms with van der Waals surface area (Å²) in [5, 5.41) is 4.62. The molecule has 1 unspecified atom stereocenters. The van der Waals surface area contributed by atoms with Gasteiger partial charge in [0.15, 0.2) is 5.82 Å². The number of nitrogens with zero attached hydrogens (tertiary/aromatic N) is 3. The van der Waals surface area contributed by atoms with Crippen LogP contribution in [-0.2, 0) is 12.8 Å². The van der Waals surface area contributed by atoms with Crippen LogP contribution in [0.1, 0.15) is 58.2 Å². The lowest BCUT2D eigenvalue weighted by atomic mass is 9.92. The third-order valence-electron chi connectivity index (χ3n) is 2.87. The third kappa shape index (κ3) is 2.39. The Bertz CT molecular complexity index is 346. The van der Waals surface area contributed by atoms with Crippen molar-refractivity contribution in [2.24, 2.45) is 5.41 Å². The Hall–Kier alpha value is -0.860. The molecule has 1 aromatic rings. The summed E-state index contributed by atoms with van der Waals surface area (Å²) in [5.41, 5.74) is 0.279. The summed E-state index contributed by atoms with van der Waals surface area (Å²) in [6.07, 6.45) is 4.57. The van der Waals surface area contributed by atoms with Gasteiger partial charge in [-0.05, 0) is 25.2 Å². The molecule has 3 nitrogen and oxygen atoms in total. The molecule has 0 bridgehead atoms. The van der Waals surface area contributed by atoms with Crippen molar-refractivity contribution < 1.29 is 0 Å². The quantitative estimate of drug-likeness (QED) is 0.709. The maximum atomic E-state index is 4.64. The highest BCUT2D eigenvalue weighted by Crippen LogP contribution is 2.24. The molecule has 1 aliphatic heterocycles. The van der Waals surface area contributed by atoms with Crippen LogP contribution >= 0.6 is 0 Å². The average Bonchev–Trinajstić information content (AvgIpc) is 2.45. The van der Waals surface area contributed by atoms with E-state index < -0.39 is 0 Å². The second-order valence-electron chi connectivity index (χ2n) is 5.87. The largest absolute Gasteiger partial charge is 0.247 e. The summed E-state index contributed by atoms with van der Waals surface area (Å²) in [7, 11) is 0. The molecule has 0 radical (unpaired) electrons. The molecule has 3 heteroatoms. The summed E-state index contributed by atoms with van der Waals surface area (Å²) in [4.78, 5) is 4.64. The second kappa shape index (κ2) is 3.62. The zero-order chi connectivity index (χ0) is 11.1. The number of rotatable bonds is 1. The van der Waals surface area contributed by atoms with Crippen LogP contribution in [0.15, 0.2) is 0 Å². The molecule has 0 saturated heterocycles. The fourth-order valence-electron chi connectivity index (χ4n) is 2.16. The Labute approximate surface area is 91.9 Å². The van der Waals surface area contributed by atoms with E-state index in [1.54, 1.807) is 0 Å². The van der Waals surface area contributed by atoms with Crippen LogP contribution in [-0.4, -0.2) is 14.8 Å². The van der Waals surface area contributed by atoms with Crippen LogP contribution in [0.4, 0.5) is 0 Å². The highest BCUT2D eigenvalue weighted by atomic mass is 15.4. The van der Waals surface area contributed by atoms with Crippen LogP contribution in [0.5, 0.6) is 0 Å². The van der Waals surface area contributed by atoms with Gasteiger partial charge < -0.3 is 0 Å². The number of aromatic nitrogens is 3. The molecular weight excluding hydrogens is 186 g/mol. The van der Waals surface area contributed by atoms with Crippen molar-refractivity contribution in [1.82, 2.24) is 14.8 Å². The first-order valence-corrected chi connectivity index (χ1v) is 5.90. The minimum atomic E-state index is 0.279. The van der Waals surface area contributed by atoms with Gasteiger partial charge in [-0.2, -0.15) is 5.10 Å². The third-order valence-corrected chi connectivity index (χ3v) is 2.87. The Balaban J connectivity index is 2.22. The molecule has 0 aromatic carbocycles. The minimum Gasteiger partial charge on any atom is -0.247 e. The molecule has 2 heterocycles. The molecule has 0 fully saturated rings. The molecule has 0 aliphatic carbocycles. The maximum Gasteiger partial charge on any atom is 0.151 e. The summed E-state index contributed by atoms with van der Waals surface area (Å²) in [5.74, 6) is 2.21. The van der Waals surface area contributed by atoms with Crippen molar-refractivity contribution in [3.8, 4) is 0 Å². The summed E-state index contributed by atoms with van der Waals surface area (Å²) < 4.78 is 2.13. The van der Waals surface area contributed by atoms with Crippen molar-refractivity contribution in [2.45, 2.75) is 59.4 Å². The molecule has 2 rings (SSSR count). The highest BCUT2D eigenvalue weighted by Gasteiger charge is 2.22. The molecule has 15 heavy (non-hydrogen) atoms. The zero-order valence-electron chi connectivity index (χ0n) is 10.2. The highest BCUT2D eigenvalue weighted by molar-refractivity contribution is 4.99. The molecule has 0 N–H and O–H groups in total. The van der Waals surface area contributed by atoms with E-state index in [1.807, 2.05) is 0 Å². The van der Waals surface area contributed by atoms with E-state index in [0.717, 1.165) is 18.7 Å². The van der Waals surface area contributed by atoms with Gasteiger partial charge in [0.25, 0.3) is 0 Å². The Kier molecular flexibility index (Phi) is 2.57. The van der Waals surface area contributed by atoms with E-state index in [2.05, 4.69) is 42.5 Å². The number of fused-ring (bicyclic) bond motifs is 1. The first-order chi connectivity index (χ1) is 6.96.